The highest BCUT2D eigenvalue weighted by atomic mass is 19.4. The average Bonchev–Trinajstić information content (AvgIpc) is 2.64. The first-order valence-electron chi connectivity index (χ1n) is 7.43. The summed E-state index contributed by atoms with van der Waals surface area (Å²) in [5, 5.41) is 9.47. The third-order valence-corrected chi connectivity index (χ3v) is 3.62. The van der Waals surface area contributed by atoms with Gasteiger partial charge in [-0.1, -0.05) is 12.1 Å². The highest BCUT2D eigenvalue weighted by Gasteiger charge is 2.30. The van der Waals surface area contributed by atoms with Crippen LogP contribution in [0, 0.1) is 11.3 Å². The van der Waals surface area contributed by atoms with Crippen molar-refractivity contribution in [3.63, 3.8) is 0 Å². The van der Waals surface area contributed by atoms with E-state index in [1.807, 2.05) is 6.07 Å². The minimum Gasteiger partial charge on any atom is -0.493 e. The summed E-state index contributed by atoms with van der Waals surface area (Å²) in [5.41, 5.74) is 0.0570. The Morgan fingerprint density at radius 2 is 1.62 bits per heavy atom. The maximum atomic E-state index is 12.9. The van der Waals surface area contributed by atoms with Crippen LogP contribution in [-0.2, 0) is 6.18 Å². The number of halogens is 3. The van der Waals surface area contributed by atoms with Crippen LogP contribution in [0.1, 0.15) is 16.7 Å². The van der Waals surface area contributed by atoms with Crippen LogP contribution in [-0.4, -0.2) is 21.3 Å². The molecule has 0 saturated carbocycles. The van der Waals surface area contributed by atoms with Crippen LogP contribution >= 0.6 is 0 Å². The summed E-state index contributed by atoms with van der Waals surface area (Å²) < 4.78 is 54.3. The monoisotopic (exact) mass is 363 g/mol. The van der Waals surface area contributed by atoms with Gasteiger partial charge in [-0.2, -0.15) is 18.4 Å². The van der Waals surface area contributed by atoms with Crippen LogP contribution in [0.2, 0.25) is 0 Å². The van der Waals surface area contributed by atoms with Gasteiger partial charge >= 0.3 is 6.18 Å². The molecule has 0 amide bonds. The number of nitrogens with zero attached hydrogens (tertiary/aromatic N) is 1. The smallest absolute Gasteiger partial charge is 0.416 e. The minimum absolute atomic E-state index is 0.156. The maximum Gasteiger partial charge on any atom is 0.416 e. The van der Waals surface area contributed by atoms with Crippen LogP contribution < -0.4 is 14.2 Å². The second-order valence-electron chi connectivity index (χ2n) is 5.21. The van der Waals surface area contributed by atoms with E-state index in [1.165, 1.54) is 39.5 Å². The third kappa shape index (κ3) is 4.09. The van der Waals surface area contributed by atoms with Crippen molar-refractivity contribution in [1.82, 2.24) is 0 Å². The number of hydrogen-bond acceptors (Lipinski definition) is 4. The van der Waals surface area contributed by atoms with Gasteiger partial charge in [0.15, 0.2) is 11.5 Å². The summed E-state index contributed by atoms with van der Waals surface area (Å²) in [7, 11) is 4.32. The summed E-state index contributed by atoms with van der Waals surface area (Å²) in [5.74, 6) is 1.04. The van der Waals surface area contributed by atoms with Crippen LogP contribution in [0.4, 0.5) is 13.2 Å². The molecule has 26 heavy (non-hydrogen) atoms. The van der Waals surface area contributed by atoms with E-state index in [0.29, 0.717) is 22.8 Å². The Morgan fingerprint density at radius 3 is 2.08 bits per heavy atom. The molecule has 0 bridgehead atoms. The SMILES string of the molecule is COc1cc(/C(C#N)=C/c2cccc(C(F)(F)F)c2)cc(OC)c1OC. The van der Waals surface area contributed by atoms with Crippen molar-refractivity contribution in [2.75, 3.05) is 21.3 Å². The van der Waals surface area contributed by atoms with Gasteiger partial charge in [-0.15, -0.1) is 0 Å². The van der Waals surface area contributed by atoms with E-state index in [0.717, 1.165) is 12.1 Å². The number of ether oxygens (including phenoxy) is 3. The van der Waals surface area contributed by atoms with Crippen LogP contribution in [0.5, 0.6) is 17.2 Å². The van der Waals surface area contributed by atoms with Gasteiger partial charge in [-0.05, 0) is 41.5 Å². The fourth-order valence-electron chi connectivity index (χ4n) is 2.39. The van der Waals surface area contributed by atoms with Crippen LogP contribution in [0.3, 0.4) is 0 Å². The van der Waals surface area contributed by atoms with Gasteiger partial charge in [0.05, 0.1) is 38.5 Å². The summed E-state index contributed by atoms with van der Waals surface area (Å²) in [6.45, 7) is 0. The van der Waals surface area contributed by atoms with Crippen LogP contribution in [0.15, 0.2) is 36.4 Å². The lowest BCUT2D eigenvalue weighted by atomic mass is 10.0. The van der Waals surface area contributed by atoms with Crippen molar-refractivity contribution in [2.45, 2.75) is 6.18 Å². The van der Waals surface area contributed by atoms with Crippen molar-refractivity contribution in [2.24, 2.45) is 0 Å². The zero-order valence-electron chi connectivity index (χ0n) is 14.3. The van der Waals surface area contributed by atoms with Crippen molar-refractivity contribution in [3.05, 3.63) is 53.1 Å². The van der Waals surface area contributed by atoms with Gasteiger partial charge < -0.3 is 14.2 Å². The van der Waals surface area contributed by atoms with Crippen molar-refractivity contribution in [3.8, 4) is 23.3 Å². The number of hydrogen-bond donors (Lipinski definition) is 0. The molecule has 0 spiro atoms. The molecule has 0 fully saturated rings. The summed E-state index contributed by atoms with van der Waals surface area (Å²) in [6.07, 6.45) is -3.08. The largest absolute Gasteiger partial charge is 0.493 e. The normalized spacial score (nSPS) is 11.7. The van der Waals surface area contributed by atoms with E-state index < -0.39 is 11.7 Å². The molecule has 2 aromatic rings. The summed E-state index contributed by atoms with van der Waals surface area (Å²) in [6, 6.07) is 9.85. The molecule has 2 rings (SSSR count). The number of benzene rings is 2. The second kappa shape index (κ2) is 7.83. The van der Waals surface area contributed by atoms with Crippen molar-refractivity contribution in [1.29, 1.82) is 5.26 Å². The molecule has 0 heterocycles. The molecule has 7 heteroatoms. The minimum atomic E-state index is -4.46. The molecule has 0 aliphatic heterocycles. The van der Waals surface area contributed by atoms with E-state index >= 15 is 0 Å². The molecule has 0 unspecified atom stereocenters. The number of nitriles is 1. The highest BCUT2D eigenvalue weighted by Crippen LogP contribution is 2.40. The molecule has 4 nitrogen and oxygen atoms in total. The second-order valence-corrected chi connectivity index (χ2v) is 5.21. The molecule has 0 aromatic heterocycles. The van der Waals surface area contributed by atoms with Crippen molar-refractivity contribution < 1.29 is 27.4 Å². The first-order valence-corrected chi connectivity index (χ1v) is 7.43. The number of allylic oxidation sites excluding steroid dienone is 1. The lowest BCUT2D eigenvalue weighted by Gasteiger charge is -2.14. The lowest BCUT2D eigenvalue weighted by molar-refractivity contribution is -0.137. The van der Waals surface area contributed by atoms with E-state index in [4.69, 9.17) is 14.2 Å². The zero-order chi connectivity index (χ0) is 19.3. The molecular formula is C19H16F3NO3. The van der Waals surface area contributed by atoms with E-state index in [1.54, 1.807) is 12.1 Å². The van der Waals surface area contributed by atoms with Gasteiger partial charge in [0.2, 0.25) is 5.75 Å². The highest BCUT2D eigenvalue weighted by molar-refractivity contribution is 5.90. The average molecular weight is 363 g/mol. The molecule has 0 aliphatic carbocycles. The molecule has 0 radical (unpaired) electrons. The first kappa shape index (κ1) is 19.2. The Labute approximate surface area is 149 Å². The summed E-state index contributed by atoms with van der Waals surface area (Å²) in [4.78, 5) is 0. The molecule has 0 atom stereocenters. The van der Waals surface area contributed by atoms with Gasteiger partial charge in [-0.25, -0.2) is 0 Å². The molecular weight excluding hydrogens is 347 g/mol. The molecule has 136 valence electrons. The number of rotatable bonds is 5. The molecule has 0 aliphatic rings. The van der Waals surface area contributed by atoms with E-state index in [2.05, 4.69) is 0 Å². The Kier molecular flexibility index (Phi) is 5.78. The standard InChI is InChI=1S/C19H16F3NO3/c1-24-16-9-13(10-17(25-2)18(16)26-3)14(11-23)7-12-5-4-6-15(8-12)19(20,21)22/h4-10H,1-3H3/b14-7+. The molecule has 2 aromatic carbocycles. The van der Waals surface area contributed by atoms with E-state index in [9.17, 15) is 18.4 Å². The molecule has 0 N–H and O–H groups in total. The summed E-state index contributed by atoms with van der Waals surface area (Å²) >= 11 is 0. The number of methoxy groups -OCH3 is 3. The van der Waals surface area contributed by atoms with Gasteiger partial charge in [-0.3, -0.25) is 0 Å². The fraction of sp³-hybridized carbons (Fsp3) is 0.211. The Balaban J connectivity index is 2.56. The maximum absolute atomic E-state index is 12.9. The third-order valence-electron chi connectivity index (χ3n) is 3.62. The Hall–Kier alpha value is -3.14. The fourth-order valence-corrected chi connectivity index (χ4v) is 2.39. The Morgan fingerprint density at radius 1 is 1.00 bits per heavy atom. The lowest BCUT2D eigenvalue weighted by Crippen LogP contribution is -2.04. The van der Waals surface area contributed by atoms with Crippen LogP contribution in [0.25, 0.3) is 11.6 Å². The zero-order valence-corrected chi connectivity index (χ0v) is 14.3. The van der Waals surface area contributed by atoms with Gasteiger partial charge in [0.1, 0.15) is 0 Å². The van der Waals surface area contributed by atoms with Gasteiger partial charge in [0, 0.05) is 0 Å². The quantitative estimate of drug-likeness (QED) is 0.566. The van der Waals surface area contributed by atoms with E-state index in [-0.39, 0.29) is 11.1 Å². The van der Waals surface area contributed by atoms with Gasteiger partial charge in [0.25, 0.3) is 0 Å². The predicted octanol–water partition coefficient (Wildman–Crippen LogP) is 4.80. The first-order chi connectivity index (χ1) is 12.3. The Bertz CT molecular complexity index is 842. The predicted molar refractivity (Wildman–Crippen MR) is 91.0 cm³/mol. The number of alkyl halides is 3. The van der Waals surface area contributed by atoms with Crippen molar-refractivity contribution >= 4 is 11.6 Å². The molecule has 0 saturated heterocycles. The topological polar surface area (TPSA) is 51.5 Å².